The number of carbonyl (C=O) groups is 1. The van der Waals surface area contributed by atoms with Crippen LogP contribution in [0, 0.1) is 5.92 Å². The molecule has 3 atom stereocenters. The van der Waals surface area contributed by atoms with E-state index in [4.69, 9.17) is 23.1 Å². The molecule has 2 aliphatic rings. The lowest BCUT2D eigenvalue weighted by Crippen LogP contribution is -2.52. The van der Waals surface area contributed by atoms with E-state index in [1.54, 1.807) is 14.2 Å². The van der Waals surface area contributed by atoms with E-state index < -0.39 is 28.2 Å². The molecule has 1 N–H and O–H groups in total. The van der Waals surface area contributed by atoms with Gasteiger partial charge in [0.15, 0.2) is 0 Å². The summed E-state index contributed by atoms with van der Waals surface area (Å²) < 4.78 is 51.6. The molecule has 0 radical (unpaired) electrons. The van der Waals surface area contributed by atoms with Gasteiger partial charge in [-0.3, -0.25) is 4.18 Å². The summed E-state index contributed by atoms with van der Waals surface area (Å²) in [5.41, 5.74) is 2.80. The van der Waals surface area contributed by atoms with E-state index in [-0.39, 0.29) is 32.2 Å². The second-order valence-electron chi connectivity index (χ2n) is 10.1. The highest BCUT2D eigenvalue weighted by atomic mass is 32.2. The number of amides is 1. The fourth-order valence-corrected chi connectivity index (χ4v) is 5.76. The van der Waals surface area contributed by atoms with Crippen LogP contribution in [0.3, 0.4) is 0 Å². The highest BCUT2D eigenvalue weighted by Crippen LogP contribution is 2.38. The molecule has 1 amide bonds. The number of likely N-dealkylation sites (tertiary alicyclic amines) is 1. The summed E-state index contributed by atoms with van der Waals surface area (Å²) in [6.07, 6.45) is 0.240. The van der Waals surface area contributed by atoms with Gasteiger partial charge in [-0.25, -0.2) is 4.79 Å². The van der Waals surface area contributed by atoms with Gasteiger partial charge in [-0.05, 0) is 41.8 Å². The molecule has 2 aromatic rings. The molecule has 0 saturated carbocycles. The van der Waals surface area contributed by atoms with Crippen LogP contribution in [0.25, 0.3) is 0 Å². The second kappa shape index (κ2) is 13.5. The summed E-state index contributed by atoms with van der Waals surface area (Å²) >= 11 is 0. The lowest BCUT2D eigenvalue weighted by molar-refractivity contribution is -0.0460. The van der Waals surface area contributed by atoms with Crippen molar-refractivity contribution in [1.82, 2.24) is 4.90 Å². The van der Waals surface area contributed by atoms with Crippen molar-refractivity contribution in [3.8, 4) is 11.5 Å². The number of fused-ring (bicyclic) bond motifs is 1. The number of carboxylic acid groups (broad SMARTS) is 1. The number of methoxy groups -OCH3 is 2. The number of nitrogens with zero attached hydrogens (tertiary/aromatic N) is 2. The van der Waals surface area contributed by atoms with Crippen LogP contribution in [0.15, 0.2) is 42.5 Å². The highest BCUT2D eigenvalue weighted by molar-refractivity contribution is 7.85. The SMILES string of the molecule is COCCCN1CCOc2ccc(CO[C@H]3CN(C(=O)O)C[C@@H](COS(C)(=O)=O)[C@@H]3c3ccc(OC)cc3)cc21. The van der Waals surface area contributed by atoms with Crippen molar-refractivity contribution >= 4 is 21.9 Å². The Bertz CT molecular complexity index is 1240. The molecule has 4 rings (SSSR count). The van der Waals surface area contributed by atoms with Crippen molar-refractivity contribution in [2.24, 2.45) is 5.92 Å². The number of hydrogen-bond donors (Lipinski definition) is 1. The van der Waals surface area contributed by atoms with E-state index in [1.165, 1.54) is 4.90 Å². The lowest BCUT2D eigenvalue weighted by atomic mass is 9.79. The molecule has 0 unspecified atom stereocenters. The predicted molar refractivity (Wildman–Crippen MR) is 149 cm³/mol. The molecule has 40 heavy (non-hydrogen) atoms. The average molecular weight is 579 g/mol. The normalized spacial score (nSPS) is 21.0. The van der Waals surface area contributed by atoms with Gasteiger partial charge in [0.25, 0.3) is 10.1 Å². The summed E-state index contributed by atoms with van der Waals surface area (Å²) in [5, 5.41) is 9.83. The third-order valence-corrected chi connectivity index (χ3v) is 7.82. The first kappa shape index (κ1) is 29.9. The molecule has 12 heteroatoms. The topological polar surface area (TPSA) is 124 Å². The molecule has 220 valence electrons. The number of ether oxygens (including phenoxy) is 4. The Morgan fingerprint density at radius 3 is 2.58 bits per heavy atom. The van der Waals surface area contributed by atoms with Crippen molar-refractivity contribution < 1.29 is 41.4 Å². The quantitative estimate of drug-likeness (QED) is 0.297. The van der Waals surface area contributed by atoms with Crippen LogP contribution in [-0.4, -0.2) is 97.1 Å². The van der Waals surface area contributed by atoms with Crippen LogP contribution < -0.4 is 14.4 Å². The molecule has 2 aromatic carbocycles. The molecule has 0 bridgehead atoms. The Morgan fingerprint density at radius 2 is 1.90 bits per heavy atom. The van der Waals surface area contributed by atoms with Gasteiger partial charge in [-0.2, -0.15) is 8.42 Å². The second-order valence-corrected chi connectivity index (χ2v) is 11.7. The first-order valence-corrected chi connectivity index (χ1v) is 15.1. The Labute approximate surface area is 235 Å². The van der Waals surface area contributed by atoms with E-state index >= 15 is 0 Å². The molecular weight excluding hydrogens is 540 g/mol. The molecule has 2 aliphatic heterocycles. The standard InChI is InChI=1S/C28H38N2O9S/c1-35-13-4-11-29-12-14-37-25-10-5-20(15-24(25)29)18-38-26-17-30(28(31)32)16-22(19-39-40(3,33)34)27(26)21-6-8-23(36-2)9-7-21/h5-10,15,22,26-27H,4,11-14,16-19H2,1-3H3,(H,31,32)/t22-,26-,27-/m0/s1. The van der Waals surface area contributed by atoms with Crippen molar-refractivity contribution in [3.05, 3.63) is 53.6 Å². The van der Waals surface area contributed by atoms with Gasteiger partial charge in [0.1, 0.15) is 18.1 Å². The smallest absolute Gasteiger partial charge is 0.407 e. The molecule has 1 fully saturated rings. The maximum atomic E-state index is 12.0. The first-order chi connectivity index (χ1) is 19.2. The van der Waals surface area contributed by atoms with Gasteiger partial charge in [0, 0.05) is 38.6 Å². The Kier molecular flexibility index (Phi) is 10.1. The van der Waals surface area contributed by atoms with Gasteiger partial charge in [0.05, 0.1) is 51.5 Å². The van der Waals surface area contributed by atoms with Gasteiger partial charge < -0.3 is 33.9 Å². The zero-order chi connectivity index (χ0) is 28.7. The maximum absolute atomic E-state index is 12.0. The van der Waals surface area contributed by atoms with Crippen LogP contribution in [-0.2, 0) is 30.4 Å². The monoisotopic (exact) mass is 578 g/mol. The maximum Gasteiger partial charge on any atom is 0.407 e. The Hall–Kier alpha value is -3.06. The third-order valence-electron chi connectivity index (χ3n) is 7.25. The number of piperidine rings is 1. The van der Waals surface area contributed by atoms with Crippen LogP contribution in [0.1, 0.15) is 23.5 Å². The van der Waals surface area contributed by atoms with Crippen LogP contribution in [0.4, 0.5) is 10.5 Å². The van der Waals surface area contributed by atoms with E-state index in [0.29, 0.717) is 19.0 Å². The lowest BCUT2D eigenvalue weighted by Gasteiger charge is -2.42. The van der Waals surface area contributed by atoms with E-state index in [2.05, 4.69) is 4.90 Å². The largest absolute Gasteiger partial charge is 0.497 e. The minimum atomic E-state index is -3.72. The van der Waals surface area contributed by atoms with Crippen molar-refractivity contribution in [2.45, 2.75) is 25.0 Å². The van der Waals surface area contributed by atoms with Gasteiger partial charge in [-0.1, -0.05) is 18.2 Å². The van der Waals surface area contributed by atoms with Crippen LogP contribution in [0.5, 0.6) is 11.5 Å². The number of hydrogen-bond acceptors (Lipinski definition) is 9. The van der Waals surface area contributed by atoms with Gasteiger partial charge in [0.2, 0.25) is 0 Å². The minimum Gasteiger partial charge on any atom is -0.497 e. The molecule has 1 saturated heterocycles. The molecule has 0 aliphatic carbocycles. The number of rotatable bonds is 12. The molecular formula is C28H38N2O9S. The van der Waals surface area contributed by atoms with Crippen molar-refractivity contribution in [1.29, 1.82) is 0 Å². The zero-order valence-electron chi connectivity index (χ0n) is 23.2. The number of benzene rings is 2. The molecule has 11 nitrogen and oxygen atoms in total. The molecule has 0 aromatic heterocycles. The van der Waals surface area contributed by atoms with E-state index in [0.717, 1.165) is 48.3 Å². The molecule has 0 spiro atoms. The van der Waals surface area contributed by atoms with E-state index in [9.17, 15) is 18.3 Å². The summed E-state index contributed by atoms with van der Waals surface area (Å²) in [5.74, 6) is 0.733. The highest BCUT2D eigenvalue weighted by Gasteiger charge is 2.41. The fourth-order valence-electron chi connectivity index (χ4n) is 5.34. The third kappa shape index (κ3) is 7.78. The van der Waals surface area contributed by atoms with E-state index in [1.807, 2.05) is 42.5 Å². The molecule has 2 heterocycles. The number of anilines is 1. The summed E-state index contributed by atoms with van der Waals surface area (Å²) in [4.78, 5) is 15.6. The van der Waals surface area contributed by atoms with Gasteiger partial charge >= 0.3 is 6.09 Å². The summed E-state index contributed by atoms with van der Waals surface area (Å²) in [6, 6.07) is 13.4. The Balaban J connectivity index is 1.58. The van der Waals surface area contributed by atoms with Crippen molar-refractivity contribution in [2.75, 3.05) is 71.4 Å². The van der Waals surface area contributed by atoms with Crippen LogP contribution in [0.2, 0.25) is 0 Å². The van der Waals surface area contributed by atoms with Gasteiger partial charge in [-0.15, -0.1) is 0 Å². The minimum absolute atomic E-state index is 0.119. The summed E-state index contributed by atoms with van der Waals surface area (Å²) in [6.45, 7) is 3.24. The fraction of sp³-hybridized carbons (Fsp3) is 0.536. The zero-order valence-corrected chi connectivity index (χ0v) is 24.0. The van der Waals surface area contributed by atoms with Crippen molar-refractivity contribution in [3.63, 3.8) is 0 Å². The van der Waals surface area contributed by atoms with Crippen LogP contribution >= 0.6 is 0 Å². The predicted octanol–water partition coefficient (Wildman–Crippen LogP) is 3.19. The Morgan fingerprint density at radius 1 is 1.12 bits per heavy atom. The average Bonchev–Trinajstić information content (AvgIpc) is 2.94. The summed E-state index contributed by atoms with van der Waals surface area (Å²) in [7, 11) is -0.452. The first-order valence-electron chi connectivity index (χ1n) is 13.3.